The van der Waals surface area contributed by atoms with Crippen LogP contribution in [0.3, 0.4) is 0 Å². The largest absolute Gasteiger partial charge is 0.494 e. The van der Waals surface area contributed by atoms with E-state index in [2.05, 4.69) is 56.3 Å². The minimum atomic E-state index is -0.360. The molecule has 0 aliphatic carbocycles. The Morgan fingerprint density at radius 2 is 1.72 bits per heavy atom. The second-order valence-corrected chi connectivity index (χ2v) is 11.9. The lowest BCUT2D eigenvalue weighted by molar-refractivity contribution is 0.102. The highest BCUT2D eigenvalue weighted by Gasteiger charge is 2.24. The Morgan fingerprint density at radius 3 is 2.37 bits per heavy atom. The maximum atomic E-state index is 13.6. The Bertz CT molecular complexity index is 1540. The van der Waals surface area contributed by atoms with Crippen molar-refractivity contribution < 1.29 is 19.0 Å². The number of carbonyl (C=O) groups is 1. The number of benzene rings is 3. The molecule has 0 unspecified atom stereocenters. The molecule has 4 rings (SSSR count). The van der Waals surface area contributed by atoms with Crippen LogP contribution in [0.25, 0.3) is 5.69 Å². The zero-order valence-electron chi connectivity index (χ0n) is 26.7. The number of rotatable bonds is 12. The lowest BCUT2D eigenvalue weighted by Gasteiger charge is -2.24. The van der Waals surface area contributed by atoms with Gasteiger partial charge in [0.2, 0.25) is 0 Å². The summed E-state index contributed by atoms with van der Waals surface area (Å²) in [7, 11) is 1.60. The molecule has 8 nitrogen and oxygen atoms in total. The van der Waals surface area contributed by atoms with Gasteiger partial charge in [-0.2, -0.15) is 0 Å². The summed E-state index contributed by atoms with van der Waals surface area (Å²) in [6, 6.07) is 19.8. The van der Waals surface area contributed by atoms with Crippen molar-refractivity contribution >= 4 is 11.6 Å². The zero-order chi connectivity index (χ0) is 31.1. The lowest BCUT2D eigenvalue weighted by Crippen LogP contribution is -2.20. The summed E-state index contributed by atoms with van der Waals surface area (Å²) in [6.07, 6.45) is 2.91. The molecule has 1 atom stereocenters. The minimum absolute atomic E-state index is 0.0686. The summed E-state index contributed by atoms with van der Waals surface area (Å²) >= 11 is 0. The second-order valence-electron chi connectivity index (χ2n) is 11.9. The number of carbonyl (C=O) groups excluding carboxylic acids is 1. The maximum absolute atomic E-state index is 13.6. The van der Waals surface area contributed by atoms with Crippen molar-refractivity contribution in [2.75, 3.05) is 12.4 Å². The number of aryl methyl sites for hydroxylation is 1. The van der Waals surface area contributed by atoms with E-state index in [9.17, 15) is 4.79 Å². The number of nitrogens with one attached hydrogen (secondary N) is 1. The van der Waals surface area contributed by atoms with Gasteiger partial charge in [0.25, 0.3) is 5.91 Å². The van der Waals surface area contributed by atoms with E-state index in [4.69, 9.17) is 14.2 Å². The van der Waals surface area contributed by atoms with Crippen LogP contribution in [0.2, 0.25) is 0 Å². The van der Waals surface area contributed by atoms with Crippen LogP contribution in [0.1, 0.15) is 86.8 Å². The van der Waals surface area contributed by atoms with Gasteiger partial charge in [-0.1, -0.05) is 82.7 Å². The molecule has 3 aromatic carbocycles. The lowest BCUT2D eigenvalue weighted by atomic mass is 9.87. The molecule has 4 aromatic rings. The smallest absolute Gasteiger partial charge is 0.278 e. The molecule has 1 N–H and O–H groups in total. The fraction of sp³-hybridized carbons (Fsp3) is 0.400. The van der Waals surface area contributed by atoms with E-state index in [-0.39, 0.29) is 23.1 Å². The van der Waals surface area contributed by atoms with Gasteiger partial charge in [0.15, 0.2) is 5.69 Å². The number of ether oxygens (including phenoxy) is 3. The minimum Gasteiger partial charge on any atom is -0.494 e. The number of hydrogen-bond donors (Lipinski definition) is 1. The Hall–Kier alpha value is -4.33. The van der Waals surface area contributed by atoms with Crippen molar-refractivity contribution in [3.05, 3.63) is 88.7 Å². The maximum Gasteiger partial charge on any atom is 0.278 e. The van der Waals surface area contributed by atoms with Crippen molar-refractivity contribution in [3.63, 3.8) is 0 Å². The summed E-state index contributed by atoms with van der Waals surface area (Å²) in [6.45, 7) is 14.9. The molecule has 0 bridgehead atoms. The molecule has 0 saturated carbocycles. The number of hydrogen-bond acceptors (Lipinski definition) is 6. The quantitative estimate of drug-likeness (QED) is 0.182. The summed E-state index contributed by atoms with van der Waals surface area (Å²) in [5.74, 6) is 1.56. The van der Waals surface area contributed by atoms with Gasteiger partial charge < -0.3 is 19.5 Å². The van der Waals surface area contributed by atoms with Crippen molar-refractivity contribution in [1.82, 2.24) is 15.0 Å². The van der Waals surface area contributed by atoms with Crippen LogP contribution in [-0.2, 0) is 12.0 Å². The molecule has 0 saturated heterocycles. The van der Waals surface area contributed by atoms with Gasteiger partial charge in [0.05, 0.1) is 24.6 Å². The number of nitrogens with zero attached hydrogens (tertiary/aromatic N) is 3. The van der Waals surface area contributed by atoms with E-state index in [1.807, 2.05) is 68.4 Å². The number of methoxy groups -OCH3 is 1. The molecule has 8 heteroatoms. The van der Waals surface area contributed by atoms with E-state index < -0.39 is 0 Å². The Kier molecular flexibility index (Phi) is 10.1. The monoisotopic (exact) mass is 584 g/mol. The van der Waals surface area contributed by atoms with E-state index >= 15 is 0 Å². The second kappa shape index (κ2) is 13.8. The Balaban J connectivity index is 1.62. The van der Waals surface area contributed by atoms with Crippen LogP contribution < -0.4 is 19.5 Å². The molecule has 43 heavy (non-hydrogen) atoms. The van der Waals surface area contributed by atoms with Gasteiger partial charge in [0, 0.05) is 6.07 Å². The topological polar surface area (TPSA) is 87.5 Å². The first-order valence-electron chi connectivity index (χ1n) is 15.0. The Labute approximate surface area is 255 Å². The third-order valence-electron chi connectivity index (χ3n) is 7.50. The van der Waals surface area contributed by atoms with Crippen molar-refractivity contribution in [2.45, 2.75) is 85.9 Å². The third kappa shape index (κ3) is 7.55. The molecular weight excluding hydrogens is 540 g/mol. The van der Waals surface area contributed by atoms with Crippen LogP contribution in [0.15, 0.2) is 60.7 Å². The predicted octanol–water partition coefficient (Wildman–Crippen LogP) is 7.98. The molecule has 1 amide bonds. The van der Waals surface area contributed by atoms with Gasteiger partial charge in [-0.05, 0) is 67.0 Å². The van der Waals surface area contributed by atoms with E-state index in [1.165, 1.54) is 0 Å². The summed E-state index contributed by atoms with van der Waals surface area (Å²) in [4.78, 5) is 13.6. The number of amides is 1. The van der Waals surface area contributed by atoms with Crippen LogP contribution in [0.4, 0.5) is 5.69 Å². The summed E-state index contributed by atoms with van der Waals surface area (Å²) < 4.78 is 19.8. The molecule has 0 aliphatic rings. The molecule has 1 aromatic heterocycles. The Morgan fingerprint density at radius 1 is 0.977 bits per heavy atom. The summed E-state index contributed by atoms with van der Waals surface area (Å²) in [5.41, 5.74) is 5.06. The molecule has 1 heterocycles. The molecule has 228 valence electrons. The molecule has 0 spiro atoms. The third-order valence-corrected chi connectivity index (χ3v) is 7.50. The average Bonchev–Trinajstić information content (AvgIpc) is 3.37. The fourth-order valence-corrected chi connectivity index (χ4v) is 4.87. The fourth-order valence-electron chi connectivity index (χ4n) is 4.87. The number of aromatic nitrogens is 3. The van der Waals surface area contributed by atoms with Gasteiger partial charge in [0.1, 0.15) is 29.5 Å². The van der Waals surface area contributed by atoms with Crippen molar-refractivity contribution in [2.24, 2.45) is 0 Å². The van der Waals surface area contributed by atoms with Crippen LogP contribution in [0, 0.1) is 13.8 Å². The summed E-state index contributed by atoms with van der Waals surface area (Å²) in [5, 5.41) is 11.7. The first-order chi connectivity index (χ1) is 20.5. The zero-order valence-corrected chi connectivity index (χ0v) is 26.7. The SMILES string of the molecule is CCC[C@H](CC)Oc1ccc(C(C)(C)C)cc1NC(=O)c1nnn(-c2cc(C)c(OCc3ccccc3)cc2OC)c1C. The van der Waals surface area contributed by atoms with Gasteiger partial charge >= 0.3 is 0 Å². The van der Waals surface area contributed by atoms with Crippen LogP contribution >= 0.6 is 0 Å². The van der Waals surface area contributed by atoms with Crippen LogP contribution in [0.5, 0.6) is 17.2 Å². The van der Waals surface area contributed by atoms with E-state index in [0.29, 0.717) is 40.9 Å². The van der Waals surface area contributed by atoms with Crippen LogP contribution in [-0.4, -0.2) is 34.1 Å². The molecule has 0 aliphatic heterocycles. The first-order valence-corrected chi connectivity index (χ1v) is 15.0. The average molecular weight is 585 g/mol. The predicted molar refractivity (Wildman–Crippen MR) is 171 cm³/mol. The van der Waals surface area contributed by atoms with Gasteiger partial charge in [-0.25, -0.2) is 4.68 Å². The van der Waals surface area contributed by atoms with E-state index in [0.717, 1.165) is 36.0 Å². The van der Waals surface area contributed by atoms with Crippen molar-refractivity contribution in [1.29, 1.82) is 0 Å². The highest BCUT2D eigenvalue weighted by molar-refractivity contribution is 6.04. The first kappa shape index (κ1) is 31.6. The normalized spacial score (nSPS) is 12.1. The molecule has 0 fully saturated rings. The van der Waals surface area contributed by atoms with Crippen molar-refractivity contribution in [3.8, 4) is 22.9 Å². The highest BCUT2D eigenvalue weighted by atomic mass is 16.5. The molecule has 0 radical (unpaired) electrons. The van der Waals surface area contributed by atoms with Gasteiger partial charge in [-0.15, -0.1) is 5.10 Å². The van der Waals surface area contributed by atoms with E-state index in [1.54, 1.807) is 11.8 Å². The molecular formula is C35H44N4O4. The number of anilines is 1. The highest BCUT2D eigenvalue weighted by Crippen LogP contribution is 2.35. The standard InChI is InChI=1S/C35H44N4O4/c1-9-14-27(10-2)43-30-18-17-26(35(5,6)7)20-28(30)36-34(40)33-24(4)39(38-37-33)29-19-23(3)31(21-32(29)41-8)42-22-25-15-12-11-13-16-25/h11-13,15-21,27H,9-10,14,22H2,1-8H3,(H,36,40)/t27-/m0/s1. The van der Waals surface area contributed by atoms with Gasteiger partial charge in [-0.3, -0.25) is 4.79 Å².